The van der Waals surface area contributed by atoms with Crippen molar-refractivity contribution in [2.24, 2.45) is 7.05 Å². The van der Waals surface area contributed by atoms with Crippen molar-refractivity contribution < 1.29 is 9.47 Å². The number of benzene rings is 1. The van der Waals surface area contributed by atoms with Crippen LogP contribution in [0.25, 0.3) is 11.3 Å². The van der Waals surface area contributed by atoms with E-state index in [2.05, 4.69) is 15.5 Å². The molecule has 4 rings (SSSR count). The minimum atomic E-state index is -0.313. The molecule has 29 heavy (non-hydrogen) atoms. The predicted octanol–water partition coefficient (Wildman–Crippen LogP) is 1.06. The van der Waals surface area contributed by atoms with Gasteiger partial charge in [-0.15, -0.1) is 0 Å². The fraction of sp³-hybridized carbons (Fsp3) is 0.300. The van der Waals surface area contributed by atoms with Gasteiger partial charge in [-0.25, -0.2) is 9.36 Å². The maximum atomic E-state index is 12.5. The Labute approximate surface area is 166 Å². The van der Waals surface area contributed by atoms with E-state index in [-0.39, 0.29) is 23.2 Å². The third-order valence-corrected chi connectivity index (χ3v) is 4.85. The number of rotatable bonds is 5. The van der Waals surface area contributed by atoms with E-state index < -0.39 is 0 Å². The Morgan fingerprint density at radius 1 is 1.07 bits per heavy atom. The van der Waals surface area contributed by atoms with Crippen LogP contribution >= 0.6 is 0 Å². The smallest absolute Gasteiger partial charge is 0.267 e. The SMILES string of the molecule is COc1cccc(-c2ccc(=O)n(C3COCC3Nc3ccc(=O)n(C)n3)n2)c1. The molecule has 1 aliphatic heterocycles. The topological polar surface area (TPSA) is 100 Å². The summed E-state index contributed by atoms with van der Waals surface area (Å²) in [6, 6.07) is 13.2. The summed E-state index contributed by atoms with van der Waals surface area (Å²) in [6.07, 6.45) is 0. The Balaban J connectivity index is 1.64. The van der Waals surface area contributed by atoms with Gasteiger partial charge in [0.2, 0.25) is 0 Å². The monoisotopic (exact) mass is 395 g/mol. The van der Waals surface area contributed by atoms with E-state index in [0.717, 1.165) is 5.56 Å². The van der Waals surface area contributed by atoms with Crippen molar-refractivity contribution in [2.45, 2.75) is 12.1 Å². The quantitative estimate of drug-likeness (QED) is 0.690. The first-order valence-electron chi connectivity index (χ1n) is 9.18. The molecule has 3 heterocycles. The first-order chi connectivity index (χ1) is 14.0. The summed E-state index contributed by atoms with van der Waals surface area (Å²) in [5.41, 5.74) is 1.10. The van der Waals surface area contributed by atoms with Crippen LogP contribution in [0.2, 0.25) is 0 Å². The minimum absolute atomic E-state index is 0.196. The van der Waals surface area contributed by atoms with Crippen molar-refractivity contribution >= 4 is 5.82 Å². The number of anilines is 1. The van der Waals surface area contributed by atoms with Crippen molar-refractivity contribution in [3.8, 4) is 17.0 Å². The molecule has 3 aromatic rings. The van der Waals surface area contributed by atoms with E-state index in [1.807, 2.05) is 24.3 Å². The highest BCUT2D eigenvalue weighted by molar-refractivity contribution is 5.60. The molecule has 0 radical (unpaired) electrons. The molecule has 2 aromatic heterocycles. The molecule has 0 bridgehead atoms. The van der Waals surface area contributed by atoms with Crippen molar-refractivity contribution in [2.75, 3.05) is 25.6 Å². The molecular formula is C20H21N5O4. The maximum absolute atomic E-state index is 12.5. The molecule has 1 N–H and O–H groups in total. The first-order valence-corrected chi connectivity index (χ1v) is 9.18. The van der Waals surface area contributed by atoms with Crippen LogP contribution in [0.4, 0.5) is 5.82 Å². The van der Waals surface area contributed by atoms with Gasteiger partial charge >= 0.3 is 0 Å². The highest BCUT2D eigenvalue weighted by Crippen LogP contribution is 2.24. The zero-order valence-corrected chi connectivity index (χ0v) is 16.1. The third kappa shape index (κ3) is 3.90. The Morgan fingerprint density at radius 3 is 2.69 bits per heavy atom. The van der Waals surface area contributed by atoms with Crippen LogP contribution in [0, 0.1) is 0 Å². The molecule has 0 aliphatic carbocycles. The summed E-state index contributed by atoms with van der Waals surface area (Å²) >= 11 is 0. The normalized spacial score (nSPS) is 18.6. The van der Waals surface area contributed by atoms with Crippen molar-refractivity contribution in [3.63, 3.8) is 0 Å². The van der Waals surface area contributed by atoms with E-state index >= 15 is 0 Å². The zero-order chi connectivity index (χ0) is 20.4. The van der Waals surface area contributed by atoms with Crippen LogP contribution in [0.3, 0.4) is 0 Å². The fourth-order valence-electron chi connectivity index (χ4n) is 3.29. The van der Waals surface area contributed by atoms with Gasteiger partial charge in [-0.1, -0.05) is 12.1 Å². The molecule has 1 fully saturated rings. The van der Waals surface area contributed by atoms with E-state index in [9.17, 15) is 9.59 Å². The molecule has 1 aromatic carbocycles. The van der Waals surface area contributed by atoms with E-state index in [0.29, 0.717) is 30.5 Å². The Hall–Kier alpha value is -3.46. The van der Waals surface area contributed by atoms with Crippen LogP contribution in [-0.2, 0) is 11.8 Å². The maximum Gasteiger partial charge on any atom is 0.267 e. The zero-order valence-electron chi connectivity index (χ0n) is 16.1. The van der Waals surface area contributed by atoms with E-state index in [4.69, 9.17) is 9.47 Å². The van der Waals surface area contributed by atoms with E-state index in [1.165, 1.54) is 21.5 Å². The summed E-state index contributed by atoms with van der Waals surface area (Å²) in [5.74, 6) is 1.25. The van der Waals surface area contributed by atoms with Gasteiger partial charge in [-0.2, -0.15) is 10.2 Å². The lowest BCUT2D eigenvalue weighted by Crippen LogP contribution is -2.37. The highest BCUT2D eigenvalue weighted by atomic mass is 16.5. The second-order valence-electron chi connectivity index (χ2n) is 6.77. The lowest BCUT2D eigenvalue weighted by atomic mass is 10.1. The van der Waals surface area contributed by atoms with Crippen molar-refractivity contribution in [1.29, 1.82) is 0 Å². The van der Waals surface area contributed by atoms with Gasteiger partial charge in [0, 0.05) is 24.7 Å². The van der Waals surface area contributed by atoms with Crippen LogP contribution in [0.1, 0.15) is 6.04 Å². The Morgan fingerprint density at radius 2 is 1.90 bits per heavy atom. The molecule has 9 nitrogen and oxygen atoms in total. The lowest BCUT2D eigenvalue weighted by Gasteiger charge is -2.21. The van der Waals surface area contributed by atoms with Crippen molar-refractivity contribution in [3.05, 3.63) is 69.2 Å². The van der Waals surface area contributed by atoms with Crippen LogP contribution in [-0.4, -0.2) is 45.9 Å². The number of ether oxygens (including phenoxy) is 2. The number of nitrogens with one attached hydrogen (secondary N) is 1. The van der Waals surface area contributed by atoms with Gasteiger partial charge in [0.05, 0.1) is 32.1 Å². The number of methoxy groups -OCH3 is 1. The average molecular weight is 395 g/mol. The van der Waals surface area contributed by atoms with Crippen LogP contribution in [0.5, 0.6) is 5.75 Å². The van der Waals surface area contributed by atoms with Gasteiger partial charge in [-0.3, -0.25) is 9.59 Å². The number of hydrogen-bond donors (Lipinski definition) is 1. The van der Waals surface area contributed by atoms with Gasteiger partial charge in [0.25, 0.3) is 11.1 Å². The summed E-state index contributed by atoms with van der Waals surface area (Å²) in [5, 5.41) is 12.0. The summed E-state index contributed by atoms with van der Waals surface area (Å²) < 4.78 is 13.6. The van der Waals surface area contributed by atoms with Crippen LogP contribution < -0.4 is 21.2 Å². The molecule has 2 unspecified atom stereocenters. The van der Waals surface area contributed by atoms with Gasteiger partial charge < -0.3 is 14.8 Å². The highest BCUT2D eigenvalue weighted by Gasteiger charge is 2.32. The van der Waals surface area contributed by atoms with Crippen LogP contribution in [0.15, 0.2) is 58.1 Å². The second-order valence-corrected chi connectivity index (χ2v) is 6.77. The Kier molecular flexibility index (Phi) is 5.13. The molecule has 0 saturated carbocycles. The van der Waals surface area contributed by atoms with E-state index in [1.54, 1.807) is 26.3 Å². The molecule has 150 valence electrons. The summed E-state index contributed by atoms with van der Waals surface area (Å²) in [4.78, 5) is 24.1. The number of aryl methyl sites for hydroxylation is 1. The second kappa shape index (κ2) is 7.88. The fourth-order valence-corrected chi connectivity index (χ4v) is 3.29. The third-order valence-electron chi connectivity index (χ3n) is 4.85. The average Bonchev–Trinajstić information content (AvgIpc) is 3.19. The largest absolute Gasteiger partial charge is 0.497 e. The molecule has 0 amide bonds. The molecule has 0 spiro atoms. The summed E-state index contributed by atoms with van der Waals surface area (Å²) in [7, 11) is 3.19. The minimum Gasteiger partial charge on any atom is -0.497 e. The number of hydrogen-bond acceptors (Lipinski definition) is 7. The molecule has 9 heteroatoms. The Bertz CT molecular complexity index is 1140. The van der Waals surface area contributed by atoms with Gasteiger partial charge in [0.1, 0.15) is 17.6 Å². The summed E-state index contributed by atoms with van der Waals surface area (Å²) in [6.45, 7) is 0.741. The molecule has 1 aliphatic rings. The molecule has 2 atom stereocenters. The number of aromatic nitrogens is 4. The standard InChI is InChI=1S/C20H21N5O4/c1-24-19(26)9-7-18(23-24)21-16-11-29-12-17(16)25-20(27)8-6-15(22-25)13-4-3-5-14(10-13)28-2/h3-10,16-17H,11-12H2,1-2H3,(H,21,23). The molecule has 1 saturated heterocycles. The van der Waals surface area contributed by atoms with Crippen molar-refractivity contribution in [1.82, 2.24) is 19.6 Å². The predicted molar refractivity (Wildman–Crippen MR) is 107 cm³/mol. The lowest BCUT2D eigenvalue weighted by molar-refractivity contribution is 0.183. The first kappa shape index (κ1) is 18.9. The number of nitrogens with zero attached hydrogens (tertiary/aromatic N) is 4. The van der Waals surface area contributed by atoms with Gasteiger partial charge in [0.15, 0.2) is 0 Å². The molecular weight excluding hydrogens is 374 g/mol. The van der Waals surface area contributed by atoms with Gasteiger partial charge in [-0.05, 0) is 24.3 Å².